The molecule has 0 heterocycles. The Bertz CT molecular complexity index is 840. The van der Waals surface area contributed by atoms with Crippen LogP contribution in [0.2, 0.25) is 0 Å². The van der Waals surface area contributed by atoms with Crippen LogP contribution in [0.5, 0.6) is 0 Å². The molecule has 158 valence electrons. The molecular formula is C23H27N3O4. The first-order valence-corrected chi connectivity index (χ1v) is 9.96. The monoisotopic (exact) mass is 409 g/mol. The number of rotatable bonds is 11. The molecule has 2 atom stereocenters. The summed E-state index contributed by atoms with van der Waals surface area (Å²) >= 11 is 0. The second kappa shape index (κ2) is 12.2. The second-order valence-corrected chi connectivity index (χ2v) is 6.84. The lowest BCUT2D eigenvalue weighted by Gasteiger charge is -2.23. The van der Waals surface area contributed by atoms with E-state index >= 15 is 0 Å². The first kappa shape index (κ1) is 22.8. The summed E-state index contributed by atoms with van der Waals surface area (Å²) in [6.07, 6.45) is 1.95. The minimum Gasteiger partial charge on any atom is -0.348 e. The zero-order valence-corrected chi connectivity index (χ0v) is 17.0. The van der Waals surface area contributed by atoms with E-state index in [1.165, 1.54) is 0 Å². The average molecular weight is 409 g/mol. The Balaban J connectivity index is 2.16. The molecule has 0 fully saturated rings. The Morgan fingerprint density at radius 1 is 0.867 bits per heavy atom. The topological polar surface area (TPSA) is 104 Å². The fourth-order valence-corrected chi connectivity index (χ4v) is 2.99. The molecule has 0 unspecified atom stereocenters. The number of aldehydes is 1. The van der Waals surface area contributed by atoms with E-state index < -0.39 is 23.9 Å². The summed E-state index contributed by atoms with van der Waals surface area (Å²) < 4.78 is 0. The van der Waals surface area contributed by atoms with Crippen molar-refractivity contribution in [3.63, 3.8) is 0 Å². The number of carbonyl (C=O) groups excluding carboxylic acids is 4. The largest absolute Gasteiger partial charge is 0.348 e. The Labute approximate surface area is 176 Å². The highest BCUT2D eigenvalue weighted by Crippen LogP contribution is 2.07. The van der Waals surface area contributed by atoms with Gasteiger partial charge < -0.3 is 20.7 Å². The van der Waals surface area contributed by atoms with Gasteiger partial charge in [-0.15, -0.1) is 0 Å². The lowest BCUT2D eigenvalue weighted by molar-refractivity contribution is -0.130. The first-order chi connectivity index (χ1) is 14.5. The maximum atomic E-state index is 13.0. The predicted molar refractivity (Wildman–Crippen MR) is 114 cm³/mol. The number of hydrogen-bond acceptors (Lipinski definition) is 4. The first-order valence-electron chi connectivity index (χ1n) is 9.96. The number of benzene rings is 2. The van der Waals surface area contributed by atoms with E-state index in [9.17, 15) is 19.2 Å². The van der Waals surface area contributed by atoms with Gasteiger partial charge in [-0.25, -0.2) is 0 Å². The van der Waals surface area contributed by atoms with Gasteiger partial charge in [0.25, 0.3) is 5.91 Å². The van der Waals surface area contributed by atoms with E-state index in [4.69, 9.17) is 0 Å². The third-order valence-electron chi connectivity index (χ3n) is 4.51. The summed E-state index contributed by atoms with van der Waals surface area (Å²) in [4.78, 5) is 48.4. The van der Waals surface area contributed by atoms with Gasteiger partial charge in [-0.2, -0.15) is 0 Å². The van der Waals surface area contributed by atoms with Crippen LogP contribution in [-0.4, -0.2) is 42.6 Å². The smallest absolute Gasteiger partial charge is 0.251 e. The van der Waals surface area contributed by atoms with E-state index in [0.29, 0.717) is 24.7 Å². The summed E-state index contributed by atoms with van der Waals surface area (Å²) in [6.45, 7) is 1.78. The van der Waals surface area contributed by atoms with E-state index in [2.05, 4.69) is 16.0 Å². The third kappa shape index (κ3) is 7.16. The number of carbonyl (C=O) groups is 4. The molecule has 0 aliphatic heterocycles. The van der Waals surface area contributed by atoms with Gasteiger partial charge in [0.1, 0.15) is 18.4 Å². The van der Waals surface area contributed by atoms with Gasteiger partial charge in [0, 0.05) is 12.0 Å². The normalized spacial score (nSPS) is 12.3. The quantitative estimate of drug-likeness (QED) is 0.491. The van der Waals surface area contributed by atoms with Crippen LogP contribution in [0.25, 0.3) is 0 Å². The molecule has 3 amide bonds. The van der Waals surface area contributed by atoms with Crippen LogP contribution >= 0.6 is 0 Å². The molecule has 7 heteroatoms. The number of nitrogens with one attached hydrogen (secondary N) is 3. The van der Waals surface area contributed by atoms with Crippen LogP contribution in [0.1, 0.15) is 35.7 Å². The van der Waals surface area contributed by atoms with Crippen molar-refractivity contribution < 1.29 is 19.2 Å². The molecule has 0 aliphatic rings. The highest BCUT2D eigenvalue weighted by molar-refractivity contribution is 5.98. The zero-order valence-electron chi connectivity index (χ0n) is 17.0. The molecule has 0 spiro atoms. The van der Waals surface area contributed by atoms with Gasteiger partial charge in [0.2, 0.25) is 11.8 Å². The fraction of sp³-hybridized carbons (Fsp3) is 0.304. The Kier molecular flexibility index (Phi) is 9.24. The molecule has 2 rings (SSSR count). The zero-order chi connectivity index (χ0) is 21.8. The molecule has 0 saturated carbocycles. The predicted octanol–water partition coefficient (Wildman–Crippen LogP) is 1.63. The second-order valence-electron chi connectivity index (χ2n) is 6.84. The van der Waals surface area contributed by atoms with E-state index in [1.54, 1.807) is 30.3 Å². The van der Waals surface area contributed by atoms with Crippen LogP contribution < -0.4 is 16.0 Å². The molecule has 0 aromatic heterocycles. The van der Waals surface area contributed by atoms with Gasteiger partial charge in [-0.1, -0.05) is 61.9 Å². The summed E-state index contributed by atoms with van der Waals surface area (Å²) in [5.41, 5.74) is 1.32. The maximum absolute atomic E-state index is 13.0. The summed E-state index contributed by atoms with van der Waals surface area (Å²) in [5, 5.41) is 7.96. The van der Waals surface area contributed by atoms with E-state index in [-0.39, 0.29) is 18.9 Å². The molecule has 3 N–H and O–H groups in total. The molecule has 0 bridgehead atoms. The Morgan fingerprint density at radius 2 is 1.50 bits per heavy atom. The van der Waals surface area contributed by atoms with Crippen LogP contribution in [0, 0.1) is 0 Å². The van der Waals surface area contributed by atoms with Gasteiger partial charge in [0.05, 0.1) is 6.54 Å². The highest BCUT2D eigenvalue weighted by Gasteiger charge is 2.26. The van der Waals surface area contributed by atoms with Crippen molar-refractivity contribution in [1.82, 2.24) is 16.0 Å². The number of amides is 3. The molecule has 30 heavy (non-hydrogen) atoms. The maximum Gasteiger partial charge on any atom is 0.251 e. The van der Waals surface area contributed by atoms with Crippen LogP contribution in [-0.2, 0) is 20.8 Å². The molecule has 2 aromatic carbocycles. The van der Waals surface area contributed by atoms with Crippen molar-refractivity contribution in [2.45, 2.75) is 38.3 Å². The summed E-state index contributed by atoms with van der Waals surface area (Å²) in [5.74, 6) is -1.25. The minimum atomic E-state index is -0.863. The lowest BCUT2D eigenvalue weighted by atomic mass is 10.0. The van der Waals surface area contributed by atoms with Crippen molar-refractivity contribution in [3.8, 4) is 0 Å². The van der Waals surface area contributed by atoms with Crippen LogP contribution in [0.3, 0.4) is 0 Å². The van der Waals surface area contributed by atoms with Crippen molar-refractivity contribution in [2.75, 3.05) is 6.54 Å². The molecule has 0 saturated heterocycles. The molecule has 0 radical (unpaired) electrons. The number of hydrogen-bond donors (Lipinski definition) is 3. The Morgan fingerprint density at radius 3 is 2.10 bits per heavy atom. The van der Waals surface area contributed by atoms with Crippen molar-refractivity contribution in [1.29, 1.82) is 0 Å². The highest BCUT2D eigenvalue weighted by atomic mass is 16.2. The summed E-state index contributed by atoms with van der Waals surface area (Å²) in [7, 11) is 0. The van der Waals surface area contributed by atoms with Gasteiger partial charge in [-0.05, 0) is 24.1 Å². The van der Waals surface area contributed by atoms with Gasteiger partial charge >= 0.3 is 0 Å². The minimum absolute atomic E-state index is 0.118. The van der Waals surface area contributed by atoms with Crippen molar-refractivity contribution in [2.24, 2.45) is 0 Å². The average Bonchev–Trinajstić information content (AvgIpc) is 2.77. The van der Waals surface area contributed by atoms with E-state index in [0.717, 1.165) is 5.56 Å². The standard InChI is InChI=1S/C23H27N3O4/c1-2-9-19(22(29)24-14-15-27)25-23(30)20(16-17-10-5-3-6-11-17)26-21(28)18-12-7-4-8-13-18/h3-8,10-13,15,19-20H,2,9,14,16H2,1H3,(H,24,29)(H,25,30)(H,26,28)/t19-,20-/m0/s1. The van der Waals surface area contributed by atoms with Gasteiger partial charge in [-0.3, -0.25) is 14.4 Å². The third-order valence-corrected chi connectivity index (χ3v) is 4.51. The van der Waals surface area contributed by atoms with Crippen LogP contribution in [0.15, 0.2) is 60.7 Å². The summed E-state index contributed by atoms with van der Waals surface area (Å²) in [6, 6.07) is 16.3. The lowest BCUT2D eigenvalue weighted by Crippen LogP contribution is -2.54. The van der Waals surface area contributed by atoms with Crippen LogP contribution in [0.4, 0.5) is 0 Å². The molecule has 2 aromatic rings. The Hall–Kier alpha value is -3.48. The van der Waals surface area contributed by atoms with Gasteiger partial charge in [0.15, 0.2) is 0 Å². The van der Waals surface area contributed by atoms with E-state index in [1.807, 2.05) is 37.3 Å². The molecule has 7 nitrogen and oxygen atoms in total. The molecular weight excluding hydrogens is 382 g/mol. The molecule has 0 aliphatic carbocycles. The SMILES string of the molecule is CCC[C@H](NC(=O)[C@H](Cc1ccccc1)NC(=O)c1ccccc1)C(=O)NCC=O. The fourth-order valence-electron chi connectivity index (χ4n) is 2.99. The van der Waals surface area contributed by atoms with Crippen molar-refractivity contribution >= 4 is 24.0 Å². The van der Waals surface area contributed by atoms with Crippen molar-refractivity contribution in [3.05, 3.63) is 71.8 Å².